The van der Waals surface area contributed by atoms with Crippen molar-refractivity contribution in [2.75, 3.05) is 5.32 Å². The summed E-state index contributed by atoms with van der Waals surface area (Å²) >= 11 is 3.39. The minimum Gasteiger partial charge on any atom is -0.320 e. The second-order valence-corrected chi connectivity index (χ2v) is 5.26. The topological polar surface area (TPSA) is 46.9 Å². The summed E-state index contributed by atoms with van der Waals surface area (Å²) in [6.45, 7) is 0. The molecule has 0 fully saturated rings. The van der Waals surface area contributed by atoms with Gasteiger partial charge in [0, 0.05) is 16.9 Å². The van der Waals surface area contributed by atoms with E-state index in [1.54, 1.807) is 16.9 Å². The van der Waals surface area contributed by atoms with Crippen LogP contribution in [0.5, 0.6) is 0 Å². The first kappa shape index (κ1) is 13.6. The molecule has 21 heavy (non-hydrogen) atoms. The molecule has 0 saturated heterocycles. The van der Waals surface area contributed by atoms with Crippen LogP contribution in [-0.4, -0.2) is 15.7 Å². The van der Waals surface area contributed by atoms with Crippen LogP contribution < -0.4 is 5.32 Å². The highest BCUT2D eigenvalue weighted by Gasteiger charge is 2.12. The van der Waals surface area contributed by atoms with Crippen molar-refractivity contribution >= 4 is 27.5 Å². The lowest BCUT2D eigenvalue weighted by Gasteiger charge is -2.11. The lowest BCUT2D eigenvalue weighted by atomic mass is 10.2. The van der Waals surface area contributed by atoms with E-state index in [0.717, 1.165) is 10.2 Å². The highest BCUT2D eigenvalue weighted by atomic mass is 79.9. The molecule has 0 aliphatic rings. The number of amides is 1. The minimum absolute atomic E-state index is 0.165. The Labute approximate surface area is 130 Å². The summed E-state index contributed by atoms with van der Waals surface area (Å²) in [5, 5.41) is 7.13. The number of hydrogen-bond acceptors (Lipinski definition) is 2. The fourth-order valence-corrected chi connectivity index (χ4v) is 2.49. The van der Waals surface area contributed by atoms with Crippen molar-refractivity contribution in [1.82, 2.24) is 9.78 Å². The van der Waals surface area contributed by atoms with Crippen LogP contribution in [0.25, 0.3) is 5.69 Å². The van der Waals surface area contributed by atoms with Gasteiger partial charge in [0.05, 0.1) is 16.9 Å². The molecule has 0 spiro atoms. The van der Waals surface area contributed by atoms with Gasteiger partial charge in [0.1, 0.15) is 0 Å². The summed E-state index contributed by atoms with van der Waals surface area (Å²) in [7, 11) is 0. The number of halogens is 1. The summed E-state index contributed by atoms with van der Waals surface area (Å²) in [4.78, 5) is 12.4. The van der Waals surface area contributed by atoms with Gasteiger partial charge in [0.2, 0.25) is 0 Å². The molecule has 1 heterocycles. The second-order valence-electron chi connectivity index (χ2n) is 4.40. The van der Waals surface area contributed by atoms with Crippen molar-refractivity contribution in [3.63, 3.8) is 0 Å². The monoisotopic (exact) mass is 341 g/mol. The Morgan fingerprint density at radius 1 is 1.05 bits per heavy atom. The van der Waals surface area contributed by atoms with E-state index >= 15 is 0 Å². The van der Waals surface area contributed by atoms with E-state index in [9.17, 15) is 4.79 Å². The third kappa shape index (κ3) is 2.87. The number of hydrogen-bond donors (Lipinski definition) is 1. The highest BCUT2D eigenvalue weighted by Crippen LogP contribution is 2.22. The van der Waals surface area contributed by atoms with Crippen molar-refractivity contribution in [3.8, 4) is 5.69 Å². The molecule has 0 radical (unpaired) electrons. The zero-order chi connectivity index (χ0) is 14.7. The molecule has 3 rings (SSSR count). The molecular weight excluding hydrogens is 330 g/mol. The van der Waals surface area contributed by atoms with Crippen LogP contribution in [-0.2, 0) is 0 Å². The number of para-hydroxylation sites is 2. The predicted octanol–water partition coefficient (Wildman–Crippen LogP) is 3.89. The maximum absolute atomic E-state index is 12.4. The van der Waals surface area contributed by atoms with Gasteiger partial charge in [-0.3, -0.25) is 4.79 Å². The quantitative estimate of drug-likeness (QED) is 0.785. The van der Waals surface area contributed by atoms with Crippen LogP contribution >= 0.6 is 15.9 Å². The lowest BCUT2D eigenvalue weighted by molar-refractivity contribution is 0.102. The van der Waals surface area contributed by atoms with E-state index < -0.39 is 0 Å². The molecule has 2 aromatic carbocycles. The summed E-state index contributed by atoms with van der Waals surface area (Å²) in [5.74, 6) is -0.165. The van der Waals surface area contributed by atoms with Crippen LogP contribution in [0.2, 0.25) is 0 Å². The minimum atomic E-state index is -0.165. The predicted molar refractivity (Wildman–Crippen MR) is 85.7 cm³/mol. The molecule has 1 N–H and O–H groups in total. The molecular formula is C16H12BrN3O. The Morgan fingerprint density at radius 2 is 1.81 bits per heavy atom. The van der Waals surface area contributed by atoms with Crippen molar-refractivity contribution in [3.05, 3.63) is 77.0 Å². The average Bonchev–Trinajstić information content (AvgIpc) is 3.02. The van der Waals surface area contributed by atoms with Gasteiger partial charge in [-0.25, -0.2) is 4.68 Å². The molecule has 0 unspecified atom stereocenters. The van der Waals surface area contributed by atoms with Gasteiger partial charge in [0.15, 0.2) is 0 Å². The van der Waals surface area contributed by atoms with E-state index in [-0.39, 0.29) is 5.91 Å². The van der Waals surface area contributed by atoms with Crippen LogP contribution in [0.3, 0.4) is 0 Å². The molecule has 0 aliphatic carbocycles. The molecule has 3 aromatic rings. The van der Waals surface area contributed by atoms with Crippen molar-refractivity contribution in [2.24, 2.45) is 0 Å². The third-order valence-electron chi connectivity index (χ3n) is 3.02. The molecule has 0 aliphatic heterocycles. The Hall–Kier alpha value is -2.40. The molecule has 104 valence electrons. The van der Waals surface area contributed by atoms with Crippen LogP contribution in [0.1, 0.15) is 10.4 Å². The van der Waals surface area contributed by atoms with Gasteiger partial charge in [-0.05, 0) is 46.3 Å². The maximum Gasteiger partial charge on any atom is 0.256 e. The smallest absolute Gasteiger partial charge is 0.256 e. The van der Waals surface area contributed by atoms with Gasteiger partial charge in [-0.2, -0.15) is 5.10 Å². The number of carbonyl (C=O) groups is 1. The first-order valence-corrected chi connectivity index (χ1v) is 7.20. The zero-order valence-corrected chi connectivity index (χ0v) is 12.6. The lowest BCUT2D eigenvalue weighted by Crippen LogP contribution is -2.14. The average molecular weight is 342 g/mol. The van der Waals surface area contributed by atoms with E-state index in [1.165, 1.54) is 0 Å². The van der Waals surface area contributed by atoms with Crippen molar-refractivity contribution in [1.29, 1.82) is 0 Å². The van der Waals surface area contributed by atoms with E-state index in [1.807, 2.05) is 54.7 Å². The Kier molecular flexibility index (Phi) is 3.83. The molecule has 0 atom stereocenters. The zero-order valence-electron chi connectivity index (χ0n) is 11.0. The number of aromatic nitrogens is 2. The fourth-order valence-electron chi connectivity index (χ4n) is 2.03. The normalized spacial score (nSPS) is 10.3. The molecule has 1 amide bonds. The van der Waals surface area contributed by atoms with E-state index in [4.69, 9.17) is 0 Å². The summed E-state index contributed by atoms with van der Waals surface area (Å²) in [5.41, 5.74) is 2.12. The molecule has 0 saturated carbocycles. The molecule has 1 aromatic heterocycles. The summed E-state index contributed by atoms with van der Waals surface area (Å²) in [6, 6.07) is 16.7. The number of nitrogens with zero attached hydrogens (tertiary/aromatic N) is 2. The SMILES string of the molecule is O=C(Nc1ccccc1-n1cccn1)c1ccccc1Br. The van der Waals surface area contributed by atoms with Crippen molar-refractivity contribution in [2.45, 2.75) is 0 Å². The number of rotatable bonds is 3. The highest BCUT2D eigenvalue weighted by molar-refractivity contribution is 9.10. The largest absolute Gasteiger partial charge is 0.320 e. The number of nitrogens with one attached hydrogen (secondary N) is 1. The third-order valence-corrected chi connectivity index (χ3v) is 3.71. The number of carbonyl (C=O) groups excluding carboxylic acids is 1. The maximum atomic E-state index is 12.4. The van der Waals surface area contributed by atoms with Gasteiger partial charge in [-0.1, -0.05) is 24.3 Å². The van der Waals surface area contributed by atoms with Gasteiger partial charge >= 0.3 is 0 Å². The van der Waals surface area contributed by atoms with Gasteiger partial charge < -0.3 is 5.32 Å². The summed E-state index contributed by atoms with van der Waals surface area (Å²) in [6.07, 6.45) is 3.54. The van der Waals surface area contributed by atoms with Crippen LogP contribution in [0.4, 0.5) is 5.69 Å². The van der Waals surface area contributed by atoms with E-state index in [0.29, 0.717) is 11.3 Å². The van der Waals surface area contributed by atoms with Crippen LogP contribution in [0.15, 0.2) is 71.5 Å². The summed E-state index contributed by atoms with van der Waals surface area (Å²) < 4.78 is 2.48. The van der Waals surface area contributed by atoms with Crippen LogP contribution in [0, 0.1) is 0 Å². The van der Waals surface area contributed by atoms with Gasteiger partial charge in [0.25, 0.3) is 5.91 Å². The first-order valence-electron chi connectivity index (χ1n) is 6.40. The van der Waals surface area contributed by atoms with Crippen molar-refractivity contribution < 1.29 is 4.79 Å². The van der Waals surface area contributed by atoms with Gasteiger partial charge in [-0.15, -0.1) is 0 Å². The molecule has 0 bridgehead atoms. The molecule has 5 heteroatoms. The molecule has 4 nitrogen and oxygen atoms in total. The second kappa shape index (κ2) is 5.93. The Morgan fingerprint density at radius 3 is 2.57 bits per heavy atom. The Bertz CT molecular complexity index is 769. The number of anilines is 1. The van der Waals surface area contributed by atoms with E-state index in [2.05, 4.69) is 26.3 Å². The Balaban J connectivity index is 1.93. The standard InChI is InChI=1S/C16H12BrN3O/c17-13-7-2-1-6-12(13)16(21)19-14-8-3-4-9-15(14)20-11-5-10-18-20/h1-11H,(H,19,21). The number of benzene rings is 2. The first-order chi connectivity index (χ1) is 10.3. The fraction of sp³-hybridized carbons (Fsp3) is 0.